The van der Waals surface area contributed by atoms with Crippen LogP contribution in [0.15, 0.2) is 36.5 Å². The first kappa shape index (κ1) is 22.9. The van der Waals surface area contributed by atoms with E-state index in [0.717, 1.165) is 5.56 Å². The van der Waals surface area contributed by atoms with E-state index in [-0.39, 0.29) is 17.2 Å². The van der Waals surface area contributed by atoms with E-state index in [1.807, 2.05) is 12.1 Å². The molecule has 0 saturated carbocycles. The van der Waals surface area contributed by atoms with Crippen LogP contribution in [0.4, 0.5) is 0 Å². The van der Waals surface area contributed by atoms with E-state index in [0.29, 0.717) is 17.6 Å². The maximum atomic E-state index is 12.9. The van der Waals surface area contributed by atoms with Gasteiger partial charge in [0, 0.05) is 31.8 Å². The lowest BCUT2D eigenvalue weighted by Crippen LogP contribution is -2.30. The number of carbonyl (C=O) groups is 2. The van der Waals surface area contributed by atoms with Crippen molar-refractivity contribution in [2.75, 3.05) is 7.11 Å². The van der Waals surface area contributed by atoms with E-state index in [1.165, 1.54) is 31.9 Å². The zero-order valence-electron chi connectivity index (χ0n) is 19.0. The fourth-order valence-corrected chi connectivity index (χ4v) is 3.24. The average molecular weight is 438 g/mol. The molecule has 2 heterocycles. The van der Waals surface area contributed by atoms with E-state index < -0.39 is 17.9 Å². The molecule has 3 aromatic rings. The highest BCUT2D eigenvalue weighted by Gasteiger charge is 2.24. The Morgan fingerprint density at radius 1 is 1.09 bits per heavy atom. The predicted molar refractivity (Wildman–Crippen MR) is 119 cm³/mol. The van der Waals surface area contributed by atoms with Crippen LogP contribution in [-0.4, -0.2) is 38.7 Å². The van der Waals surface area contributed by atoms with Crippen LogP contribution in [0, 0.1) is 0 Å². The van der Waals surface area contributed by atoms with Gasteiger partial charge >= 0.3 is 5.97 Å². The molecule has 0 aliphatic carbocycles. The number of hydrogen-bond acceptors (Lipinski definition) is 7. The molecule has 0 saturated heterocycles. The van der Waals surface area contributed by atoms with Gasteiger partial charge in [0.2, 0.25) is 5.75 Å². The second kappa shape index (κ2) is 9.59. The van der Waals surface area contributed by atoms with Crippen molar-refractivity contribution in [3.05, 3.63) is 53.6 Å². The van der Waals surface area contributed by atoms with Crippen molar-refractivity contribution in [3.63, 3.8) is 0 Å². The normalized spacial score (nSPS) is 11.8. The summed E-state index contributed by atoms with van der Waals surface area (Å²) in [7, 11) is 3.19. The predicted octanol–water partition coefficient (Wildman–Crippen LogP) is 3.43. The van der Waals surface area contributed by atoms with Crippen LogP contribution >= 0.6 is 0 Å². The van der Waals surface area contributed by atoms with E-state index in [4.69, 9.17) is 9.47 Å². The zero-order chi connectivity index (χ0) is 23.4. The lowest BCUT2D eigenvalue weighted by atomic mass is 10.0. The number of aryl methyl sites for hydroxylation is 1. The van der Waals surface area contributed by atoms with Crippen LogP contribution < -0.4 is 14.8 Å². The van der Waals surface area contributed by atoms with Crippen LogP contribution in [0.5, 0.6) is 11.5 Å². The van der Waals surface area contributed by atoms with Gasteiger partial charge in [-0.2, -0.15) is 5.10 Å². The molecular formula is C23H27N5O4. The Hall–Kier alpha value is -3.75. The smallest absolute Gasteiger partial charge is 0.308 e. The molecule has 1 amide bonds. The highest BCUT2D eigenvalue weighted by molar-refractivity contribution is 5.96. The molecule has 32 heavy (non-hydrogen) atoms. The first-order valence-electron chi connectivity index (χ1n) is 10.2. The number of aromatic nitrogens is 4. The van der Waals surface area contributed by atoms with Gasteiger partial charge in [0.05, 0.1) is 13.2 Å². The standard InChI is InChI=1S/C23H27N5O4/c1-13(2)16-7-9-17(10-8-16)21-26-22(28(5)27-21)14(3)25-23(30)19-20(32-15(4)29)18(31-6)11-12-24-19/h7-14H,1-6H3,(H,25,30)/t14-/m0/s1. The topological polar surface area (TPSA) is 108 Å². The van der Waals surface area contributed by atoms with Crippen LogP contribution in [0.2, 0.25) is 0 Å². The summed E-state index contributed by atoms with van der Waals surface area (Å²) in [5.41, 5.74) is 2.07. The summed E-state index contributed by atoms with van der Waals surface area (Å²) < 4.78 is 12.0. The fraction of sp³-hybridized carbons (Fsp3) is 0.348. The lowest BCUT2D eigenvalue weighted by molar-refractivity contribution is -0.132. The zero-order valence-corrected chi connectivity index (χ0v) is 19.0. The van der Waals surface area contributed by atoms with Gasteiger partial charge < -0.3 is 14.8 Å². The molecule has 3 rings (SSSR count). The van der Waals surface area contributed by atoms with Gasteiger partial charge in [0.15, 0.2) is 17.3 Å². The summed E-state index contributed by atoms with van der Waals surface area (Å²) in [6.07, 6.45) is 1.41. The quantitative estimate of drug-likeness (QED) is 0.564. The van der Waals surface area contributed by atoms with Gasteiger partial charge in [0.25, 0.3) is 5.91 Å². The molecular weight excluding hydrogens is 410 g/mol. The minimum atomic E-state index is -0.583. The molecule has 2 aromatic heterocycles. The van der Waals surface area contributed by atoms with Gasteiger partial charge in [-0.1, -0.05) is 38.1 Å². The molecule has 9 nitrogen and oxygen atoms in total. The molecule has 0 bridgehead atoms. The van der Waals surface area contributed by atoms with Crippen LogP contribution in [-0.2, 0) is 11.8 Å². The van der Waals surface area contributed by atoms with Crippen LogP contribution in [0.1, 0.15) is 61.5 Å². The molecule has 0 unspecified atom stereocenters. The molecule has 0 aliphatic heterocycles. The molecule has 168 valence electrons. The molecule has 1 atom stereocenters. The van der Waals surface area contributed by atoms with Gasteiger partial charge in [-0.05, 0) is 18.4 Å². The minimum Gasteiger partial charge on any atom is -0.493 e. The van der Waals surface area contributed by atoms with Crippen molar-refractivity contribution < 1.29 is 19.1 Å². The number of esters is 1. The van der Waals surface area contributed by atoms with Crippen molar-refractivity contribution in [1.29, 1.82) is 0 Å². The lowest BCUT2D eigenvalue weighted by Gasteiger charge is -2.15. The first-order valence-corrected chi connectivity index (χ1v) is 10.2. The number of amides is 1. The monoisotopic (exact) mass is 437 g/mol. The summed E-state index contributed by atoms with van der Waals surface area (Å²) in [5.74, 6) is 0.666. The Labute approximate surface area is 186 Å². The van der Waals surface area contributed by atoms with Crippen molar-refractivity contribution in [2.45, 2.75) is 39.7 Å². The molecule has 1 aromatic carbocycles. The molecule has 0 aliphatic rings. The van der Waals surface area contributed by atoms with E-state index in [2.05, 4.69) is 46.4 Å². The van der Waals surface area contributed by atoms with E-state index in [1.54, 1.807) is 18.7 Å². The summed E-state index contributed by atoms with van der Waals surface area (Å²) >= 11 is 0. The number of rotatable bonds is 7. The van der Waals surface area contributed by atoms with Gasteiger partial charge in [-0.25, -0.2) is 9.97 Å². The van der Waals surface area contributed by atoms with Crippen molar-refractivity contribution in [2.24, 2.45) is 7.05 Å². The maximum Gasteiger partial charge on any atom is 0.308 e. The number of methoxy groups -OCH3 is 1. The number of pyridine rings is 1. The minimum absolute atomic E-state index is 0.0314. The van der Waals surface area contributed by atoms with Crippen LogP contribution in [0.25, 0.3) is 11.4 Å². The Morgan fingerprint density at radius 3 is 2.38 bits per heavy atom. The molecule has 0 spiro atoms. The Balaban J connectivity index is 1.83. The number of benzene rings is 1. The maximum absolute atomic E-state index is 12.9. The Morgan fingerprint density at radius 2 is 1.78 bits per heavy atom. The third kappa shape index (κ3) is 4.93. The number of nitrogens with one attached hydrogen (secondary N) is 1. The highest BCUT2D eigenvalue weighted by Crippen LogP contribution is 2.30. The second-order valence-electron chi connectivity index (χ2n) is 7.67. The fourth-order valence-electron chi connectivity index (χ4n) is 3.24. The molecule has 0 fully saturated rings. The van der Waals surface area contributed by atoms with E-state index >= 15 is 0 Å². The van der Waals surface area contributed by atoms with E-state index in [9.17, 15) is 9.59 Å². The Kier molecular flexibility index (Phi) is 6.87. The molecule has 0 radical (unpaired) electrons. The number of carbonyl (C=O) groups excluding carboxylic acids is 2. The van der Waals surface area contributed by atoms with Gasteiger partial charge in [0.1, 0.15) is 5.82 Å². The Bertz CT molecular complexity index is 1120. The third-order valence-electron chi connectivity index (χ3n) is 4.92. The number of hydrogen-bond donors (Lipinski definition) is 1. The van der Waals surface area contributed by atoms with Gasteiger partial charge in [-0.15, -0.1) is 0 Å². The van der Waals surface area contributed by atoms with Crippen molar-refractivity contribution in [3.8, 4) is 22.9 Å². The number of ether oxygens (including phenoxy) is 2. The van der Waals surface area contributed by atoms with Crippen molar-refractivity contribution >= 4 is 11.9 Å². The summed E-state index contributed by atoms with van der Waals surface area (Å²) in [4.78, 5) is 33.1. The van der Waals surface area contributed by atoms with Crippen molar-refractivity contribution in [1.82, 2.24) is 25.1 Å². The number of nitrogens with zero attached hydrogens (tertiary/aromatic N) is 4. The molecule has 1 N–H and O–H groups in total. The second-order valence-corrected chi connectivity index (χ2v) is 7.67. The summed E-state index contributed by atoms with van der Waals surface area (Å²) in [5, 5.41) is 7.33. The summed E-state index contributed by atoms with van der Waals surface area (Å²) in [6, 6.07) is 9.13. The largest absolute Gasteiger partial charge is 0.493 e. The summed E-state index contributed by atoms with van der Waals surface area (Å²) in [6.45, 7) is 7.31. The molecule has 9 heteroatoms. The average Bonchev–Trinajstić information content (AvgIpc) is 3.15. The van der Waals surface area contributed by atoms with Gasteiger partial charge in [-0.3, -0.25) is 14.3 Å². The third-order valence-corrected chi connectivity index (χ3v) is 4.92. The SMILES string of the molecule is COc1ccnc(C(=O)N[C@@H](C)c2nc(-c3ccc(C(C)C)cc3)nn2C)c1OC(C)=O. The highest BCUT2D eigenvalue weighted by atomic mass is 16.6. The first-order chi connectivity index (χ1) is 15.2. The van der Waals surface area contributed by atoms with Crippen LogP contribution in [0.3, 0.4) is 0 Å².